The minimum Gasteiger partial charge on any atom is -0.490 e. The second-order valence-corrected chi connectivity index (χ2v) is 6.29. The molecular weight excluding hydrogens is 270 g/mol. The first-order valence-electron chi connectivity index (χ1n) is 7.06. The van der Waals surface area contributed by atoms with Gasteiger partial charge in [0, 0.05) is 18.4 Å². The van der Waals surface area contributed by atoms with E-state index in [0.717, 1.165) is 17.7 Å². The van der Waals surface area contributed by atoms with Crippen molar-refractivity contribution in [3.8, 4) is 11.5 Å². The smallest absolute Gasteiger partial charge is 0.325 e. The van der Waals surface area contributed by atoms with Crippen LogP contribution in [0, 0.1) is 0 Å². The first-order valence-corrected chi connectivity index (χ1v) is 7.06. The number of rotatable bonds is 5. The Hall–Kier alpha value is -1.75. The van der Waals surface area contributed by atoms with Crippen molar-refractivity contribution in [2.24, 2.45) is 5.73 Å². The van der Waals surface area contributed by atoms with Gasteiger partial charge in [-0.05, 0) is 26.8 Å². The van der Waals surface area contributed by atoms with Crippen molar-refractivity contribution in [3.05, 3.63) is 23.8 Å². The van der Waals surface area contributed by atoms with Crippen molar-refractivity contribution in [1.29, 1.82) is 0 Å². The second kappa shape index (κ2) is 5.56. The van der Waals surface area contributed by atoms with Crippen LogP contribution in [-0.4, -0.2) is 30.8 Å². The molecule has 0 aromatic heterocycles. The summed E-state index contributed by atoms with van der Waals surface area (Å²) in [5.74, 6) is 1.04. The highest BCUT2D eigenvalue weighted by Crippen LogP contribution is 2.41. The summed E-state index contributed by atoms with van der Waals surface area (Å²) in [4.78, 5) is 11.5. The average molecular weight is 293 g/mol. The van der Waals surface area contributed by atoms with Gasteiger partial charge in [0.15, 0.2) is 11.5 Å². The van der Waals surface area contributed by atoms with E-state index in [4.69, 9.17) is 15.2 Å². The van der Waals surface area contributed by atoms with Crippen LogP contribution in [0.5, 0.6) is 11.5 Å². The fourth-order valence-electron chi connectivity index (χ4n) is 2.41. The summed E-state index contributed by atoms with van der Waals surface area (Å²) in [5.41, 5.74) is 5.78. The number of carbonyl (C=O) groups is 1. The molecule has 2 N–H and O–H groups in total. The highest BCUT2D eigenvalue weighted by atomic mass is 16.5. The minimum absolute atomic E-state index is 0.212. The maximum absolute atomic E-state index is 11.5. The molecule has 0 radical (unpaired) electrons. The lowest BCUT2D eigenvalue weighted by molar-refractivity contribution is -0.146. The molecule has 0 amide bonds. The van der Waals surface area contributed by atoms with E-state index < -0.39 is 11.5 Å². The van der Waals surface area contributed by atoms with Crippen LogP contribution in [0.15, 0.2) is 18.2 Å². The largest absolute Gasteiger partial charge is 0.490 e. The van der Waals surface area contributed by atoms with Gasteiger partial charge in [-0.1, -0.05) is 12.1 Å². The molecule has 1 aromatic rings. The van der Waals surface area contributed by atoms with Crippen LogP contribution in [0.4, 0.5) is 0 Å². The topological polar surface area (TPSA) is 70.8 Å². The van der Waals surface area contributed by atoms with Crippen molar-refractivity contribution >= 4 is 5.97 Å². The molecule has 116 valence electrons. The number of hydrogen-bond donors (Lipinski definition) is 1. The first-order chi connectivity index (χ1) is 9.75. The minimum atomic E-state index is -1.05. The SMILES string of the molecule is COC(=O)C(C)(N)CCOc1cccc2c1OC(C)(C)C2. The summed E-state index contributed by atoms with van der Waals surface area (Å²) in [5, 5.41) is 0. The summed E-state index contributed by atoms with van der Waals surface area (Å²) in [6, 6.07) is 5.85. The van der Waals surface area contributed by atoms with Crippen molar-refractivity contribution < 1.29 is 19.0 Å². The third kappa shape index (κ3) is 3.47. The standard InChI is InChI=1S/C16H23NO4/c1-15(2)10-11-6-5-7-12(13(11)21-15)20-9-8-16(3,17)14(18)19-4/h5-7H,8-10,17H2,1-4H3. The Kier molecular flexibility index (Phi) is 4.14. The van der Waals surface area contributed by atoms with Gasteiger partial charge in [0.05, 0.1) is 13.7 Å². The molecule has 21 heavy (non-hydrogen) atoms. The number of benzene rings is 1. The molecule has 1 atom stereocenters. The Morgan fingerprint density at radius 3 is 2.86 bits per heavy atom. The molecule has 0 saturated carbocycles. The molecule has 5 heteroatoms. The van der Waals surface area contributed by atoms with Gasteiger partial charge in [0.25, 0.3) is 0 Å². The zero-order valence-electron chi connectivity index (χ0n) is 13.1. The highest BCUT2D eigenvalue weighted by molar-refractivity contribution is 5.79. The lowest BCUT2D eigenvalue weighted by Crippen LogP contribution is -2.46. The van der Waals surface area contributed by atoms with Gasteiger partial charge in [-0.2, -0.15) is 0 Å². The number of ether oxygens (including phenoxy) is 3. The van der Waals surface area contributed by atoms with E-state index in [9.17, 15) is 4.79 Å². The van der Waals surface area contributed by atoms with Crippen LogP contribution in [0.25, 0.3) is 0 Å². The second-order valence-electron chi connectivity index (χ2n) is 6.29. The first kappa shape index (κ1) is 15.6. The summed E-state index contributed by atoms with van der Waals surface area (Å²) in [7, 11) is 1.33. The molecule has 1 aliphatic heterocycles. The number of carbonyl (C=O) groups excluding carboxylic acids is 1. The van der Waals surface area contributed by atoms with E-state index in [0.29, 0.717) is 18.8 Å². The molecule has 1 unspecified atom stereocenters. The predicted molar refractivity (Wildman–Crippen MR) is 79.6 cm³/mol. The van der Waals surface area contributed by atoms with Crippen LogP contribution >= 0.6 is 0 Å². The van der Waals surface area contributed by atoms with Crippen molar-refractivity contribution in [1.82, 2.24) is 0 Å². The van der Waals surface area contributed by atoms with Crippen molar-refractivity contribution in [3.63, 3.8) is 0 Å². The molecule has 0 spiro atoms. The lowest BCUT2D eigenvalue weighted by atomic mass is 10.0. The molecule has 0 fully saturated rings. The van der Waals surface area contributed by atoms with Crippen LogP contribution in [-0.2, 0) is 16.0 Å². The zero-order valence-corrected chi connectivity index (χ0v) is 13.1. The average Bonchev–Trinajstić information content (AvgIpc) is 2.72. The van der Waals surface area contributed by atoms with Gasteiger partial charge < -0.3 is 19.9 Å². The maximum Gasteiger partial charge on any atom is 0.325 e. The number of nitrogens with two attached hydrogens (primary N) is 1. The van der Waals surface area contributed by atoms with Crippen LogP contribution in [0.2, 0.25) is 0 Å². The van der Waals surface area contributed by atoms with Gasteiger partial charge in [-0.15, -0.1) is 0 Å². The third-order valence-electron chi connectivity index (χ3n) is 3.59. The van der Waals surface area contributed by atoms with Crippen LogP contribution in [0.3, 0.4) is 0 Å². The fraction of sp³-hybridized carbons (Fsp3) is 0.562. The Morgan fingerprint density at radius 1 is 1.48 bits per heavy atom. The van der Waals surface area contributed by atoms with E-state index in [1.54, 1.807) is 6.92 Å². The van der Waals surface area contributed by atoms with Gasteiger partial charge in [-0.3, -0.25) is 4.79 Å². The molecule has 1 aromatic carbocycles. The van der Waals surface area contributed by atoms with Crippen molar-refractivity contribution in [2.75, 3.05) is 13.7 Å². The molecule has 0 saturated heterocycles. The predicted octanol–water partition coefficient (Wildman–Crippen LogP) is 2.06. The number of fused-ring (bicyclic) bond motifs is 1. The van der Waals surface area contributed by atoms with E-state index in [1.807, 2.05) is 32.0 Å². The number of esters is 1. The Morgan fingerprint density at radius 2 is 2.19 bits per heavy atom. The number of hydrogen-bond acceptors (Lipinski definition) is 5. The van der Waals surface area contributed by atoms with Crippen LogP contribution in [0.1, 0.15) is 32.8 Å². The molecule has 1 heterocycles. The summed E-state index contributed by atoms with van der Waals surface area (Å²) >= 11 is 0. The lowest BCUT2D eigenvalue weighted by Gasteiger charge is -2.22. The molecule has 0 bridgehead atoms. The van der Waals surface area contributed by atoms with Crippen LogP contribution < -0.4 is 15.2 Å². The summed E-state index contributed by atoms with van der Waals surface area (Å²) in [6.07, 6.45) is 1.23. The quantitative estimate of drug-likeness (QED) is 0.841. The molecule has 0 aliphatic carbocycles. The summed E-state index contributed by atoms with van der Waals surface area (Å²) < 4.78 is 16.4. The van der Waals surface area contributed by atoms with E-state index in [1.165, 1.54) is 7.11 Å². The molecule has 2 rings (SSSR count). The molecule has 1 aliphatic rings. The monoisotopic (exact) mass is 293 g/mol. The van der Waals surface area contributed by atoms with E-state index >= 15 is 0 Å². The van der Waals surface area contributed by atoms with Gasteiger partial charge in [0.1, 0.15) is 11.1 Å². The Bertz CT molecular complexity index is 537. The highest BCUT2D eigenvalue weighted by Gasteiger charge is 2.33. The van der Waals surface area contributed by atoms with Gasteiger partial charge >= 0.3 is 5.97 Å². The van der Waals surface area contributed by atoms with Crippen molar-refractivity contribution in [2.45, 2.75) is 44.8 Å². The summed E-state index contributed by atoms with van der Waals surface area (Å²) in [6.45, 7) is 6.05. The van der Waals surface area contributed by atoms with E-state index in [2.05, 4.69) is 4.74 Å². The zero-order chi connectivity index (χ0) is 15.7. The maximum atomic E-state index is 11.5. The third-order valence-corrected chi connectivity index (χ3v) is 3.59. The van der Waals surface area contributed by atoms with E-state index in [-0.39, 0.29) is 5.60 Å². The van der Waals surface area contributed by atoms with Gasteiger partial charge in [-0.25, -0.2) is 0 Å². The number of para-hydroxylation sites is 1. The fourth-order valence-corrected chi connectivity index (χ4v) is 2.41. The number of methoxy groups -OCH3 is 1. The Balaban J connectivity index is 2.00. The van der Waals surface area contributed by atoms with Gasteiger partial charge in [0.2, 0.25) is 0 Å². The Labute approximate surface area is 125 Å². The molecule has 5 nitrogen and oxygen atoms in total. The molecular formula is C16H23NO4. The normalized spacial score (nSPS) is 18.3.